The van der Waals surface area contributed by atoms with Crippen molar-refractivity contribution in [3.63, 3.8) is 0 Å². The second kappa shape index (κ2) is 68.3. The predicted molar refractivity (Wildman–Crippen MR) is 632 cm³/mol. The molecule has 0 fully saturated rings. The highest BCUT2D eigenvalue weighted by atomic mass is 16.3. The van der Waals surface area contributed by atoms with E-state index >= 15 is 19.2 Å². The number of hydrogen-bond acceptors (Lipinski definition) is 10. The monoisotopic (exact) mass is 2030 g/mol. The summed E-state index contributed by atoms with van der Waals surface area (Å²) in [7, 11) is 0. The highest BCUT2D eigenvalue weighted by Gasteiger charge is 2.41. The van der Waals surface area contributed by atoms with Gasteiger partial charge in [0.1, 0.15) is 0 Å². The molecule has 16 heteroatoms. The molecular weight excluding hydrogens is 1830 g/mol. The number of fused-ring (bicyclic) bond motifs is 8. The fourth-order valence-corrected chi connectivity index (χ4v) is 21.6. The third-order valence-corrected chi connectivity index (χ3v) is 32.5. The molecule has 8 bridgehead atoms. The number of rotatable bonds is 80. The fraction of sp³-hybridized carbons (Fsp3) is 0.636. The van der Waals surface area contributed by atoms with Gasteiger partial charge in [-0.3, -0.25) is 19.2 Å². The van der Waals surface area contributed by atoms with Crippen molar-refractivity contribution in [3.8, 4) is 44.5 Å². The molecule has 10 N–H and O–H groups in total. The maximum absolute atomic E-state index is 15.3. The van der Waals surface area contributed by atoms with Gasteiger partial charge in [0.15, 0.2) is 0 Å². The second-order valence-corrected chi connectivity index (χ2v) is 46.4. The number of aliphatic hydroxyl groups is 4. The Kier molecular flexibility index (Phi) is 56.6. The van der Waals surface area contributed by atoms with E-state index in [-0.39, 0.29) is 23.6 Å². The SMILES string of the molecule is CCCCCCCCCCCCCCCCCC(O)C(C)(C)C(=O)Nc1ccccc1-c1c2nc(c(-c3ccccc3NC(=O)C(C)(C)C(O)CCCCCCCCCCCCCCCCC)c3ccc([nH]3)c(-c3ccccc3NC(=O)C(C)(C)C(O)CCCCCCCCCCCCCCCCC)c3nc(c(-c4ccccc4NC(=O)C(C)(C)C(O)CCCCCCCCCCCCCCCCC)c4ccc1[nH]4)C=C3)C=C2. The number of hydrogen-bond donors (Lipinski definition) is 10. The third kappa shape index (κ3) is 40.3. The summed E-state index contributed by atoms with van der Waals surface area (Å²) in [6.07, 6.45) is 80.3. The van der Waals surface area contributed by atoms with Crippen molar-refractivity contribution >= 4 is 92.7 Å². The topological polar surface area (TPSA) is 255 Å². The van der Waals surface area contributed by atoms with E-state index in [0.717, 1.165) is 77.0 Å². The molecule has 818 valence electrons. The van der Waals surface area contributed by atoms with E-state index in [1.807, 2.05) is 201 Å². The summed E-state index contributed by atoms with van der Waals surface area (Å²) in [6.45, 7) is 23.7. The van der Waals surface area contributed by atoms with Crippen LogP contribution < -0.4 is 21.3 Å². The lowest BCUT2D eigenvalue weighted by Gasteiger charge is -2.30. The number of anilines is 4. The van der Waals surface area contributed by atoms with Crippen LogP contribution in [0.2, 0.25) is 0 Å². The molecule has 0 saturated carbocycles. The van der Waals surface area contributed by atoms with Crippen LogP contribution in [0, 0.1) is 21.7 Å². The molecular formula is C132H202N8O8. The largest absolute Gasteiger partial charge is 0.392 e. The maximum Gasteiger partial charge on any atom is 0.232 e. The van der Waals surface area contributed by atoms with Gasteiger partial charge >= 0.3 is 0 Å². The zero-order valence-electron chi connectivity index (χ0n) is 94.7. The number of aromatic amines is 2. The van der Waals surface area contributed by atoms with E-state index in [4.69, 9.17) is 9.97 Å². The summed E-state index contributed by atoms with van der Waals surface area (Å²) < 4.78 is 0. The minimum absolute atomic E-state index is 0.333. The smallest absolute Gasteiger partial charge is 0.232 e. The first-order chi connectivity index (χ1) is 71.8. The molecule has 9 rings (SSSR count). The number of benzene rings is 4. The first-order valence-corrected chi connectivity index (χ1v) is 60.3. The van der Waals surface area contributed by atoms with E-state index < -0.39 is 46.1 Å². The number of nitrogens with zero attached hydrogens (tertiary/aromatic N) is 2. The lowest BCUT2D eigenvalue weighted by Crippen LogP contribution is -2.41. The number of nitrogens with one attached hydrogen (secondary N) is 6. The number of amides is 4. The molecule has 2 aliphatic heterocycles. The Hall–Kier alpha value is -8.80. The summed E-state index contributed by atoms with van der Waals surface area (Å²) in [5.74, 6) is -1.33. The van der Waals surface area contributed by atoms with Gasteiger partial charge in [-0.1, -0.05) is 486 Å². The molecule has 3 aromatic heterocycles. The molecule has 4 aromatic carbocycles. The lowest BCUT2D eigenvalue weighted by atomic mass is 9.82. The van der Waals surface area contributed by atoms with Crippen molar-refractivity contribution in [2.24, 2.45) is 21.7 Å². The van der Waals surface area contributed by atoms with Crippen molar-refractivity contribution in [1.82, 2.24) is 19.9 Å². The minimum atomic E-state index is -1.20. The van der Waals surface area contributed by atoms with Crippen molar-refractivity contribution in [2.75, 3.05) is 21.3 Å². The molecule has 5 heterocycles. The summed E-state index contributed by atoms with van der Waals surface area (Å²) in [4.78, 5) is 80.6. The van der Waals surface area contributed by atoms with Crippen LogP contribution in [0.3, 0.4) is 0 Å². The number of unbranched alkanes of at least 4 members (excludes halogenated alkanes) is 56. The van der Waals surface area contributed by atoms with E-state index in [0.29, 0.717) is 138 Å². The van der Waals surface area contributed by atoms with Gasteiger partial charge < -0.3 is 51.7 Å². The lowest BCUT2D eigenvalue weighted by molar-refractivity contribution is -0.130. The van der Waals surface area contributed by atoms with Crippen molar-refractivity contribution < 1.29 is 39.6 Å². The van der Waals surface area contributed by atoms with Gasteiger partial charge in [0.2, 0.25) is 23.6 Å². The van der Waals surface area contributed by atoms with Gasteiger partial charge in [-0.2, -0.15) is 0 Å². The summed E-state index contributed by atoms with van der Waals surface area (Å²) in [5.41, 5.74) is 6.90. The Bertz CT molecular complexity index is 4610. The summed E-state index contributed by atoms with van der Waals surface area (Å²) >= 11 is 0. The Morgan fingerprint density at radius 1 is 0.223 bits per heavy atom. The molecule has 4 unspecified atom stereocenters. The van der Waals surface area contributed by atoms with Crippen LogP contribution in [0.1, 0.15) is 517 Å². The summed E-state index contributed by atoms with van der Waals surface area (Å²) in [5, 5.41) is 62.1. The maximum atomic E-state index is 15.3. The zero-order valence-corrected chi connectivity index (χ0v) is 94.7. The number of para-hydroxylation sites is 4. The molecule has 148 heavy (non-hydrogen) atoms. The number of aromatic nitrogens is 4. The average molecular weight is 2030 g/mol. The quantitative estimate of drug-likeness (QED) is 0.0161. The van der Waals surface area contributed by atoms with E-state index in [1.54, 1.807) is 0 Å². The fourth-order valence-electron chi connectivity index (χ4n) is 21.6. The van der Waals surface area contributed by atoms with Gasteiger partial charge in [0.25, 0.3) is 0 Å². The number of aliphatic hydroxyl groups excluding tert-OH is 4. The van der Waals surface area contributed by atoms with Crippen LogP contribution in [0.5, 0.6) is 0 Å². The number of carbonyl (C=O) groups is 4. The highest BCUT2D eigenvalue weighted by molar-refractivity contribution is 6.09. The molecule has 0 radical (unpaired) electrons. The van der Waals surface area contributed by atoms with Gasteiger partial charge in [-0.25, -0.2) is 9.97 Å². The van der Waals surface area contributed by atoms with Crippen LogP contribution in [-0.4, -0.2) is 88.4 Å². The molecule has 0 saturated heterocycles. The molecule has 7 aromatic rings. The normalized spacial score (nSPS) is 13.2. The van der Waals surface area contributed by atoms with Gasteiger partial charge in [-0.15, -0.1) is 0 Å². The summed E-state index contributed by atoms with van der Waals surface area (Å²) in [6, 6.07) is 39.0. The molecule has 4 atom stereocenters. The molecule has 16 nitrogen and oxygen atoms in total. The van der Waals surface area contributed by atoms with Crippen LogP contribution in [0.25, 0.3) is 90.9 Å². The van der Waals surface area contributed by atoms with Gasteiger partial charge in [0.05, 0.1) is 68.9 Å². The number of H-pyrrole nitrogens is 2. The molecule has 0 aliphatic carbocycles. The van der Waals surface area contributed by atoms with Crippen molar-refractivity contribution in [3.05, 3.63) is 144 Å². The standard InChI is InChI=1S/C132H202N8O8/c1-13-17-21-25-29-33-37-41-45-49-53-57-61-65-69-89-117(141)129(5,6)125(145)137-105-85-77-73-81-101(105)121-109-93-95-111(133-109)122(102-82-74-78-86-106(102)138-126(146)130(7,8)118(142)90-70-66-62-58-54-50-46-42-38-34-30-26-22-18-14-2)113-97-99-115(135-113)124(104-84-76-80-88-108(104)140-128(148)132(11,12)120(144)92-72-68-64-60-56-52-48-44-40-36-32-28-24-20-16-4)116-100-98-114(136-116)123(112-96-94-110(121)134-112)103-83-75-79-87-107(103)139-127(147)131(9,10)119(143)91-71-67-63-59-55-51-47-43-39-35-31-27-23-19-15-3/h73-88,93-100,117-120,133,136,141-144H,13-72,89-92H2,1-12H3,(H,137,145)(H,138,146)(H,139,147)(H,140,148). The first kappa shape index (κ1) is 123. The second-order valence-electron chi connectivity index (χ2n) is 46.4. The van der Waals surface area contributed by atoms with Crippen LogP contribution in [0.4, 0.5) is 22.7 Å². The average Bonchev–Trinajstić information content (AvgIpc) is 1.47. The van der Waals surface area contributed by atoms with E-state index in [9.17, 15) is 20.4 Å². The Morgan fingerprint density at radius 2 is 0.365 bits per heavy atom. The Labute approximate surface area is 896 Å². The van der Waals surface area contributed by atoms with Crippen LogP contribution >= 0.6 is 0 Å². The van der Waals surface area contributed by atoms with Crippen LogP contribution in [-0.2, 0) is 19.2 Å². The van der Waals surface area contributed by atoms with Crippen molar-refractivity contribution in [1.29, 1.82) is 0 Å². The van der Waals surface area contributed by atoms with Crippen LogP contribution in [0.15, 0.2) is 121 Å². The third-order valence-electron chi connectivity index (χ3n) is 32.5. The Balaban J connectivity index is 1.11. The minimum Gasteiger partial charge on any atom is -0.392 e. The van der Waals surface area contributed by atoms with Gasteiger partial charge in [0, 0.05) is 89.3 Å². The molecule has 4 amide bonds. The highest BCUT2D eigenvalue weighted by Crippen LogP contribution is 2.46. The van der Waals surface area contributed by atoms with Crippen molar-refractivity contribution in [2.45, 2.75) is 518 Å². The van der Waals surface area contributed by atoms with Gasteiger partial charge in [-0.05, 0) is 154 Å². The molecule has 2 aliphatic rings. The first-order valence-electron chi connectivity index (χ1n) is 60.3. The zero-order chi connectivity index (χ0) is 106. The molecule has 0 spiro atoms. The predicted octanol–water partition coefficient (Wildman–Crippen LogP) is 37.7. The van der Waals surface area contributed by atoms with E-state index in [2.05, 4.69) is 58.9 Å². The van der Waals surface area contributed by atoms with E-state index in [1.165, 1.54) is 308 Å². The number of carbonyl (C=O) groups excluding carboxylic acids is 4. The Morgan fingerprint density at radius 3 is 0.520 bits per heavy atom.